The SMILES string of the molecule is Oc1ccc(O)c(Cc2ccc(-c3ccccc3)cc2)c1. The molecule has 0 heterocycles. The maximum atomic E-state index is 9.82. The van der Waals surface area contributed by atoms with Crippen molar-refractivity contribution in [1.29, 1.82) is 0 Å². The van der Waals surface area contributed by atoms with Crippen molar-refractivity contribution in [2.45, 2.75) is 6.42 Å². The van der Waals surface area contributed by atoms with E-state index >= 15 is 0 Å². The molecule has 0 saturated heterocycles. The van der Waals surface area contributed by atoms with Gasteiger partial charge in [-0.1, -0.05) is 54.6 Å². The first-order valence-electron chi connectivity index (χ1n) is 6.87. The number of benzene rings is 3. The van der Waals surface area contributed by atoms with Crippen molar-refractivity contribution in [1.82, 2.24) is 0 Å². The first kappa shape index (κ1) is 13.3. The van der Waals surface area contributed by atoms with Crippen LogP contribution in [0.15, 0.2) is 72.8 Å². The molecule has 2 heteroatoms. The van der Waals surface area contributed by atoms with E-state index < -0.39 is 0 Å². The van der Waals surface area contributed by atoms with Gasteiger partial charge in [-0.2, -0.15) is 0 Å². The second-order valence-electron chi connectivity index (χ2n) is 5.05. The molecule has 0 radical (unpaired) electrons. The molecule has 2 N–H and O–H groups in total. The van der Waals surface area contributed by atoms with Gasteiger partial charge in [-0.15, -0.1) is 0 Å². The molecule has 0 aliphatic carbocycles. The summed E-state index contributed by atoms with van der Waals surface area (Å²) >= 11 is 0. The van der Waals surface area contributed by atoms with E-state index in [0.29, 0.717) is 6.42 Å². The van der Waals surface area contributed by atoms with Gasteiger partial charge in [0.15, 0.2) is 0 Å². The second kappa shape index (κ2) is 5.71. The lowest BCUT2D eigenvalue weighted by Gasteiger charge is -2.07. The Morgan fingerprint density at radius 1 is 0.667 bits per heavy atom. The largest absolute Gasteiger partial charge is 0.508 e. The molecule has 0 amide bonds. The third kappa shape index (κ3) is 3.06. The van der Waals surface area contributed by atoms with E-state index in [4.69, 9.17) is 0 Å². The summed E-state index contributed by atoms with van der Waals surface area (Å²) in [6, 6.07) is 23.0. The minimum Gasteiger partial charge on any atom is -0.508 e. The van der Waals surface area contributed by atoms with E-state index in [-0.39, 0.29) is 11.5 Å². The zero-order valence-corrected chi connectivity index (χ0v) is 11.5. The molecule has 2 nitrogen and oxygen atoms in total. The Bertz CT molecular complexity index is 731. The summed E-state index contributed by atoms with van der Waals surface area (Å²) in [7, 11) is 0. The summed E-state index contributed by atoms with van der Waals surface area (Å²) < 4.78 is 0. The van der Waals surface area contributed by atoms with Crippen LogP contribution in [0.3, 0.4) is 0 Å². The Kier molecular flexibility index (Phi) is 3.61. The van der Waals surface area contributed by atoms with Gasteiger partial charge in [0, 0.05) is 12.0 Å². The van der Waals surface area contributed by atoms with Crippen LogP contribution in [0.25, 0.3) is 11.1 Å². The fraction of sp³-hybridized carbons (Fsp3) is 0.0526. The minimum atomic E-state index is 0.170. The summed E-state index contributed by atoms with van der Waals surface area (Å²) in [5.74, 6) is 0.378. The standard InChI is InChI=1S/C19H16O2/c20-18-10-11-19(21)17(13-18)12-14-6-8-16(9-7-14)15-4-2-1-3-5-15/h1-11,13,20-21H,12H2. The Labute approximate surface area is 123 Å². The van der Waals surface area contributed by atoms with Crippen LogP contribution in [-0.4, -0.2) is 10.2 Å². The minimum absolute atomic E-state index is 0.170. The Balaban J connectivity index is 1.83. The van der Waals surface area contributed by atoms with Gasteiger partial charge in [0.25, 0.3) is 0 Å². The average Bonchev–Trinajstić information content (AvgIpc) is 2.53. The van der Waals surface area contributed by atoms with E-state index in [1.807, 2.05) is 30.3 Å². The molecule has 3 aromatic rings. The van der Waals surface area contributed by atoms with Gasteiger partial charge < -0.3 is 10.2 Å². The van der Waals surface area contributed by atoms with Crippen LogP contribution < -0.4 is 0 Å². The Morgan fingerprint density at radius 2 is 1.33 bits per heavy atom. The van der Waals surface area contributed by atoms with E-state index in [9.17, 15) is 10.2 Å². The highest BCUT2D eigenvalue weighted by molar-refractivity contribution is 5.63. The van der Waals surface area contributed by atoms with Gasteiger partial charge in [-0.3, -0.25) is 0 Å². The predicted molar refractivity (Wildman–Crippen MR) is 84.5 cm³/mol. The van der Waals surface area contributed by atoms with Crippen molar-refractivity contribution in [2.24, 2.45) is 0 Å². The zero-order chi connectivity index (χ0) is 14.7. The van der Waals surface area contributed by atoms with E-state index in [0.717, 1.165) is 11.1 Å². The molecular formula is C19H16O2. The first-order chi connectivity index (χ1) is 10.2. The molecule has 0 aromatic heterocycles. The molecule has 0 atom stereocenters. The third-order valence-electron chi connectivity index (χ3n) is 3.52. The van der Waals surface area contributed by atoms with Crippen molar-refractivity contribution in [3.63, 3.8) is 0 Å². The lowest BCUT2D eigenvalue weighted by Crippen LogP contribution is -1.89. The van der Waals surface area contributed by atoms with Gasteiger partial charge in [0.1, 0.15) is 11.5 Å². The molecular weight excluding hydrogens is 260 g/mol. The third-order valence-corrected chi connectivity index (χ3v) is 3.52. The average molecular weight is 276 g/mol. The second-order valence-corrected chi connectivity index (χ2v) is 5.05. The molecule has 0 saturated carbocycles. The van der Waals surface area contributed by atoms with Crippen molar-refractivity contribution in [2.75, 3.05) is 0 Å². The van der Waals surface area contributed by atoms with Gasteiger partial charge in [0.2, 0.25) is 0 Å². The number of phenols is 2. The maximum absolute atomic E-state index is 9.82. The van der Waals surface area contributed by atoms with Crippen molar-refractivity contribution in [3.05, 3.63) is 83.9 Å². The Hall–Kier alpha value is -2.74. The van der Waals surface area contributed by atoms with Crippen LogP contribution in [0.1, 0.15) is 11.1 Å². The molecule has 0 bridgehead atoms. The van der Waals surface area contributed by atoms with E-state index in [2.05, 4.69) is 24.3 Å². The highest BCUT2D eigenvalue weighted by atomic mass is 16.3. The van der Waals surface area contributed by atoms with Gasteiger partial charge in [0.05, 0.1) is 0 Å². The van der Waals surface area contributed by atoms with Crippen LogP contribution in [0, 0.1) is 0 Å². The molecule has 0 unspecified atom stereocenters. The number of hydrogen-bond donors (Lipinski definition) is 2. The van der Waals surface area contributed by atoms with Crippen LogP contribution in [0.2, 0.25) is 0 Å². The van der Waals surface area contributed by atoms with E-state index in [1.54, 1.807) is 6.07 Å². The quantitative estimate of drug-likeness (QED) is 0.698. The predicted octanol–water partition coefficient (Wildman–Crippen LogP) is 4.36. The summed E-state index contributed by atoms with van der Waals surface area (Å²) in [5, 5.41) is 19.3. The Morgan fingerprint density at radius 3 is 2.05 bits per heavy atom. The topological polar surface area (TPSA) is 40.5 Å². The number of aromatic hydroxyl groups is 2. The van der Waals surface area contributed by atoms with Gasteiger partial charge >= 0.3 is 0 Å². The number of phenolic OH excluding ortho intramolecular Hbond substituents is 2. The van der Waals surface area contributed by atoms with E-state index in [1.165, 1.54) is 23.3 Å². The monoisotopic (exact) mass is 276 g/mol. The molecule has 0 spiro atoms. The number of rotatable bonds is 3. The van der Waals surface area contributed by atoms with Crippen molar-refractivity contribution in [3.8, 4) is 22.6 Å². The molecule has 0 aliphatic rings. The molecule has 21 heavy (non-hydrogen) atoms. The van der Waals surface area contributed by atoms with Crippen LogP contribution in [0.5, 0.6) is 11.5 Å². The fourth-order valence-electron chi connectivity index (χ4n) is 2.38. The number of hydrogen-bond acceptors (Lipinski definition) is 2. The normalized spacial score (nSPS) is 10.5. The summed E-state index contributed by atoms with van der Waals surface area (Å²) in [6.45, 7) is 0. The summed E-state index contributed by atoms with van der Waals surface area (Å²) in [6.07, 6.45) is 0.593. The lowest BCUT2D eigenvalue weighted by molar-refractivity contribution is 0.455. The summed E-state index contributed by atoms with van der Waals surface area (Å²) in [4.78, 5) is 0. The van der Waals surface area contributed by atoms with Gasteiger partial charge in [-0.05, 0) is 34.9 Å². The summed E-state index contributed by atoms with van der Waals surface area (Å²) in [5.41, 5.74) is 4.17. The smallest absolute Gasteiger partial charge is 0.119 e. The van der Waals surface area contributed by atoms with Gasteiger partial charge in [-0.25, -0.2) is 0 Å². The van der Waals surface area contributed by atoms with Crippen LogP contribution >= 0.6 is 0 Å². The van der Waals surface area contributed by atoms with Crippen LogP contribution in [0.4, 0.5) is 0 Å². The van der Waals surface area contributed by atoms with Crippen molar-refractivity contribution < 1.29 is 10.2 Å². The zero-order valence-electron chi connectivity index (χ0n) is 11.5. The lowest BCUT2D eigenvalue weighted by atomic mass is 10.00. The highest BCUT2D eigenvalue weighted by Crippen LogP contribution is 2.26. The van der Waals surface area contributed by atoms with Crippen molar-refractivity contribution >= 4 is 0 Å². The maximum Gasteiger partial charge on any atom is 0.119 e. The highest BCUT2D eigenvalue weighted by Gasteiger charge is 2.04. The first-order valence-corrected chi connectivity index (χ1v) is 6.87. The molecule has 0 aliphatic heterocycles. The molecule has 0 fully saturated rings. The fourth-order valence-corrected chi connectivity index (χ4v) is 2.38. The molecule has 3 rings (SSSR count). The molecule has 104 valence electrons. The molecule has 3 aromatic carbocycles. The van der Waals surface area contributed by atoms with Crippen LogP contribution in [-0.2, 0) is 6.42 Å².